The van der Waals surface area contributed by atoms with Crippen molar-refractivity contribution in [2.45, 2.75) is 25.7 Å². The van der Waals surface area contributed by atoms with Crippen molar-refractivity contribution in [1.29, 1.82) is 0 Å². The average molecular weight is 528 g/mol. The van der Waals surface area contributed by atoms with E-state index in [1.807, 2.05) is 0 Å². The molecule has 6 rings (SSSR count). The summed E-state index contributed by atoms with van der Waals surface area (Å²) in [6.07, 6.45) is -2.13. The normalized spacial score (nSPS) is 13.7. The van der Waals surface area contributed by atoms with Gasteiger partial charge in [-0.1, -0.05) is 23.4 Å². The third-order valence-corrected chi connectivity index (χ3v) is 6.21. The molecule has 194 valence electrons. The van der Waals surface area contributed by atoms with Crippen LogP contribution in [0.1, 0.15) is 22.5 Å². The lowest BCUT2D eigenvalue weighted by molar-refractivity contribution is -0.141. The van der Waals surface area contributed by atoms with Gasteiger partial charge in [0.15, 0.2) is 23.2 Å². The molecule has 0 saturated heterocycles. The molecule has 0 spiro atoms. The van der Waals surface area contributed by atoms with Crippen molar-refractivity contribution in [3.05, 3.63) is 83.0 Å². The van der Waals surface area contributed by atoms with E-state index in [9.17, 15) is 22.0 Å². The number of aromatic amines is 1. The van der Waals surface area contributed by atoms with Crippen molar-refractivity contribution >= 4 is 5.82 Å². The van der Waals surface area contributed by atoms with E-state index in [-0.39, 0.29) is 49.0 Å². The van der Waals surface area contributed by atoms with Crippen LogP contribution in [0.3, 0.4) is 0 Å². The molecular formula is C24H17F5N8O. The van der Waals surface area contributed by atoms with Gasteiger partial charge in [-0.2, -0.15) is 23.4 Å². The third kappa shape index (κ3) is 4.27. The molecular weight excluding hydrogens is 511 g/mol. The second-order valence-electron chi connectivity index (χ2n) is 8.61. The van der Waals surface area contributed by atoms with Crippen LogP contribution in [0.5, 0.6) is 0 Å². The van der Waals surface area contributed by atoms with Crippen LogP contribution in [0, 0.1) is 11.6 Å². The Kier molecular flexibility index (Phi) is 5.65. The predicted molar refractivity (Wildman–Crippen MR) is 123 cm³/mol. The lowest BCUT2D eigenvalue weighted by Crippen LogP contribution is -2.32. The predicted octanol–water partition coefficient (Wildman–Crippen LogP) is 4.63. The van der Waals surface area contributed by atoms with Crippen LogP contribution in [0.25, 0.3) is 22.9 Å². The fraction of sp³-hybridized carbons (Fsp3) is 0.208. The Morgan fingerprint density at radius 2 is 1.89 bits per heavy atom. The van der Waals surface area contributed by atoms with Crippen molar-refractivity contribution in [1.82, 2.24) is 35.1 Å². The monoisotopic (exact) mass is 528 g/mol. The summed E-state index contributed by atoms with van der Waals surface area (Å²) in [5.74, 6) is -1.34. The maximum atomic E-state index is 14.8. The van der Waals surface area contributed by atoms with Crippen LogP contribution in [-0.2, 0) is 25.7 Å². The molecule has 38 heavy (non-hydrogen) atoms. The van der Waals surface area contributed by atoms with Gasteiger partial charge in [-0.15, -0.1) is 0 Å². The molecule has 1 aromatic carbocycles. The van der Waals surface area contributed by atoms with E-state index in [4.69, 9.17) is 4.52 Å². The lowest BCUT2D eigenvalue weighted by atomic mass is 10.1. The van der Waals surface area contributed by atoms with Gasteiger partial charge in [-0.05, 0) is 12.1 Å². The Morgan fingerprint density at radius 1 is 1.05 bits per heavy atom. The van der Waals surface area contributed by atoms with Gasteiger partial charge < -0.3 is 9.42 Å². The molecule has 0 saturated carbocycles. The van der Waals surface area contributed by atoms with Crippen molar-refractivity contribution < 1.29 is 26.5 Å². The number of rotatable bonds is 5. The lowest BCUT2D eigenvalue weighted by Gasteiger charge is -2.28. The largest absolute Gasteiger partial charge is 0.435 e. The number of fused-ring (bicyclic) bond motifs is 1. The zero-order chi connectivity index (χ0) is 26.4. The van der Waals surface area contributed by atoms with Gasteiger partial charge in [0, 0.05) is 42.4 Å². The van der Waals surface area contributed by atoms with Crippen LogP contribution >= 0.6 is 0 Å². The summed E-state index contributed by atoms with van der Waals surface area (Å²) in [4.78, 5) is 9.77. The van der Waals surface area contributed by atoms with E-state index < -0.39 is 23.5 Å². The molecule has 14 heteroatoms. The molecule has 0 unspecified atom stereocenters. The zero-order valence-electron chi connectivity index (χ0n) is 19.4. The number of H-pyrrole nitrogens is 1. The van der Waals surface area contributed by atoms with Crippen LogP contribution in [-0.4, -0.2) is 41.6 Å². The minimum absolute atomic E-state index is 0.0347. The topological polar surface area (TPSA) is 102 Å². The quantitative estimate of drug-likeness (QED) is 0.332. The summed E-state index contributed by atoms with van der Waals surface area (Å²) in [6.45, 7) is 0.0320. The van der Waals surface area contributed by atoms with Gasteiger partial charge in [0.05, 0.1) is 18.4 Å². The van der Waals surface area contributed by atoms with Gasteiger partial charge >= 0.3 is 6.18 Å². The van der Waals surface area contributed by atoms with Gasteiger partial charge in [-0.3, -0.25) is 9.78 Å². The van der Waals surface area contributed by atoms with Gasteiger partial charge in [0.25, 0.3) is 0 Å². The maximum absolute atomic E-state index is 14.8. The van der Waals surface area contributed by atoms with E-state index in [2.05, 4.69) is 30.4 Å². The van der Waals surface area contributed by atoms with E-state index in [1.54, 1.807) is 30.3 Å². The molecule has 0 amide bonds. The molecule has 9 nitrogen and oxygen atoms in total. The number of anilines is 1. The van der Waals surface area contributed by atoms with Crippen molar-refractivity contribution in [2.24, 2.45) is 0 Å². The molecule has 4 aromatic heterocycles. The van der Waals surface area contributed by atoms with Crippen molar-refractivity contribution in [3.8, 4) is 22.9 Å². The second kappa shape index (κ2) is 9.04. The Bertz CT molecular complexity index is 1610. The summed E-state index contributed by atoms with van der Waals surface area (Å²) in [6, 6.07) is 9.42. The first-order valence-electron chi connectivity index (χ1n) is 11.4. The van der Waals surface area contributed by atoms with Gasteiger partial charge in [0.2, 0.25) is 0 Å². The van der Waals surface area contributed by atoms with Crippen molar-refractivity contribution in [2.75, 3.05) is 11.4 Å². The molecule has 5 aromatic rings. The highest BCUT2D eigenvalue weighted by Gasteiger charge is 2.39. The molecule has 0 aliphatic carbocycles. The molecule has 0 radical (unpaired) electrons. The molecule has 0 bridgehead atoms. The minimum atomic E-state index is -4.65. The first-order chi connectivity index (χ1) is 18.3. The van der Waals surface area contributed by atoms with Crippen LogP contribution in [0.4, 0.5) is 27.8 Å². The van der Waals surface area contributed by atoms with E-state index in [0.29, 0.717) is 22.6 Å². The number of hydrogen-bond acceptors (Lipinski definition) is 7. The number of aromatic nitrogens is 7. The first-order valence-corrected chi connectivity index (χ1v) is 11.4. The Balaban J connectivity index is 1.37. The Labute approximate surface area is 210 Å². The van der Waals surface area contributed by atoms with Crippen LogP contribution in [0.2, 0.25) is 0 Å². The number of nitrogens with one attached hydrogen (secondary N) is 1. The Morgan fingerprint density at radius 3 is 2.66 bits per heavy atom. The van der Waals surface area contributed by atoms with Gasteiger partial charge in [0.1, 0.15) is 23.5 Å². The molecule has 0 fully saturated rings. The van der Waals surface area contributed by atoms with Crippen LogP contribution < -0.4 is 4.90 Å². The van der Waals surface area contributed by atoms with E-state index >= 15 is 0 Å². The molecule has 1 aliphatic heterocycles. The summed E-state index contributed by atoms with van der Waals surface area (Å²) in [5.41, 5.74) is 0.775. The number of halogens is 5. The highest BCUT2D eigenvalue weighted by molar-refractivity contribution is 5.63. The minimum Gasteiger partial charge on any atom is -0.364 e. The standard InChI is InChI=1S/C24H17F5N8O/c25-15-4-2-1-3-13(15)11-37-20(18-6-8-38-35-18)9-19(34-37)22-30-10-16(26)23(31-22)36-7-5-17-14(12-36)21(33-32-17)24(27,28)29/h1-4,6,8-10H,5,7,11-12H2,(H,32,33). The third-order valence-electron chi connectivity index (χ3n) is 6.21. The zero-order valence-corrected chi connectivity index (χ0v) is 19.4. The van der Waals surface area contributed by atoms with Crippen LogP contribution in [0.15, 0.2) is 53.4 Å². The van der Waals surface area contributed by atoms with E-state index in [1.165, 1.54) is 21.9 Å². The fourth-order valence-corrected chi connectivity index (χ4v) is 4.40. The summed E-state index contributed by atoms with van der Waals surface area (Å²) in [7, 11) is 0. The summed E-state index contributed by atoms with van der Waals surface area (Å²) >= 11 is 0. The maximum Gasteiger partial charge on any atom is 0.435 e. The number of hydrogen-bond donors (Lipinski definition) is 1. The SMILES string of the molecule is Fc1ccccc1Cn1nc(-c2ncc(F)c(N3CCc4[nH]nc(C(F)(F)F)c4C3)n2)cc1-c1ccon1. The first kappa shape index (κ1) is 23.8. The number of nitrogens with zero attached hydrogens (tertiary/aromatic N) is 7. The molecule has 1 N–H and O–H groups in total. The number of benzene rings is 1. The Hall–Kier alpha value is -4.62. The van der Waals surface area contributed by atoms with Gasteiger partial charge in [-0.25, -0.2) is 18.7 Å². The average Bonchev–Trinajstić information content (AvgIpc) is 3.65. The fourth-order valence-electron chi connectivity index (χ4n) is 4.40. The molecule has 5 heterocycles. The number of alkyl halides is 3. The highest BCUT2D eigenvalue weighted by Crippen LogP contribution is 2.35. The second-order valence-corrected chi connectivity index (χ2v) is 8.61. The summed E-state index contributed by atoms with van der Waals surface area (Å²) in [5, 5.41) is 14.3. The molecule has 0 atom stereocenters. The molecule has 1 aliphatic rings. The highest BCUT2D eigenvalue weighted by atomic mass is 19.4. The summed E-state index contributed by atoms with van der Waals surface area (Å²) < 4.78 is 75.8. The smallest absolute Gasteiger partial charge is 0.364 e. The van der Waals surface area contributed by atoms with Crippen molar-refractivity contribution in [3.63, 3.8) is 0 Å². The van der Waals surface area contributed by atoms with E-state index in [0.717, 1.165) is 6.20 Å².